The minimum atomic E-state index is -3.74. The Kier molecular flexibility index (Phi) is 5.71. The molecule has 1 amide bonds. The smallest absolute Gasteiger partial charge is 0.322 e. The number of thiophene rings is 1. The molecule has 1 aliphatic rings. The molecular weight excluding hydrogens is 428 g/mol. The van der Waals surface area contributed by atoms with Crippen LogP contribution in [0.25, 0.3) is 11.6 Å². The zero-order chi connectivity index (χ0) is 21.3. The molecule has 4 rings (SSSR count). The molecule has 1 N–H and O–H groups in total. The average Bonchev–Trinajstić information content (AvgIpc) is 3.48. The van der Waals surface area contributed by atoms with Gasteiger partial charge in [-0.1, -0.05) is 17.6 Å². The average molecular weight is 451 g/mol. The second-order valence-corrected chi connectivity index (χ2v) is 10.3. The summed E-state index contributed by atoms with van der Waals surface area (Å²) in [6, 6.07) is 4.23. The van der Waals surface area contributed by atoms with Crippen LogP contribution in [0.3, 0.4) is 0 Å². The molecule has 0 spiro atoms. The van der Waals surface area contributed by atoms with Crippen molar-refractivity contribution >= 4 is 33.3 Å². The highest BCUT2D eigenvalue weighted by Gasteiger charge is 2.38. The largest absolute Gasteiger partial charge is 0.401 e. The van der Waals surface area contributed by atoms with Crippen molar-refractivity contribution in [1.82, 2.24) is 24.3 Å². The molecule has 0 radical (unpaired) electrons. The summed E-state index contributed by atoms with van der Waals surface area (Å²) >= 11 is 1.13. The summed E-state index contributed by atoms with van der Waals surface area (Å²) in [6.07, 6.45) is 3.70. The number of nitrogens with one attached hydrogen (secondary N) is 1. The second-order valence-electron chi connectivity index (χ2n) is 7.24. The van der Waals surface area contributed by atoms with Crippen molar-refractivity contribution in [3.8, 4) is 11.6 Å². The monoisotopic (exact) mass is 450 g/mol. The van der Waals surface area contributed by atoms with Crippen molar-refractivity contribution in [2.24, 2.45) is 0 Å². The molecule has 0 aromatic carbocycles. The number of carbonyl (C=O) groups is 1. The van der Waals surface area contributed by atoms with Crippen LogP contribution in [0.4, 0.5) is 6.01 Å². The van der Waals surface area contributed by atoms with Gasteiger partial charge in [0.15, 0.2) is 0 Å². The lowest BCUT2D eigenvalue weighted by Gasteiger charge is -2.32. The van der Waals surface area contributed by atoms with E-state index in [1.54, 1.807) is 34.5 Å². The predicted molar refractivity (Wildman–Crippen MR) is 110 cm³/mol. The van der Waals surface area contributed by atoms with Crippen LogP contribution in [0.5, 0.6) is 0 Å². The molecule has 10 nitrogen and oxygen atoms in total. The normalized spacial score (nSPS) is 18.0. The topological polar surface area (TPSA) is 123 Å². The first kappa shape index (κ1) is 20.7. The first-order valence-corrected chi connectivity index (χ1v) is 11.9. The van der Waals surface area contributed by atoms with Crippen LogP contribution in [0.15, 0.2) is 38.4 Å². The Balaban J connectivity index is 1.50. The molecular formula is C18H22N6O4S2. The zero-order valence-corrected chi connectivity index (χ0v) is 18.2. The Morgan fingerprint density at radius 2 is 2.13 bits per heavy atom. The lowest BCUT2D eigenvalue weighted by atomic mass is 10.0. The molecule has 1 atom stereocenters. The highest BCUT2D eigenvalue weighted by molar-refractivity contribution is 7.91. The summed E-state index contributed by atoms with van der Waals surface area (Å²) < 4.78 is 34.7. The molecule has 12 heteroatoms. The van der Waals surface area contributed by atoms with Crippen LogP contribution in [-0.4, -0.2) is 51.2 Å². The van der Waals surface area contributed by atoms with Gasteiger partial charge in [0, 0.05) is 18.8 Å². The van der Waals surface area contributed by atoms with Crippen LogP contribution < -0.4 is 5.32 Å². The number of aromatic nitrogens is 4. The van der Waals surface area contributed by atoms with E-state index in [4.69, 9.17) is 4.42 Å². The maximum absolute atomic E-state index is 13.0. The zero-order valence-electron chi connectivity index (χ0n) is 16.6. The van der Waals surface area contributed by atoms with Crippen molar-refractivity contribution < 1.29 is 17.6 Å². The van der Waals surface area contributed by atoms with Gasteiger partial charge in [0.1, 0.15) is 15.9 Å². The summed E-state index contributed by atoms with van der Waals surface area (Å²) in [4.78, 5) is 12.9. The number of piperidine rings is 1. The van der Waals surface area contributed by atoms with Crippen LogP contribution in [0.2, 0.25) is 0 Å². The van der Waals surface area contributed by atoms with Gasteiger partial charge in [-0.15, -0.1) is 16.4 Å². The fourth-order valence-electron chi connectivity index (χ4n) is 3.29. The third-order valence-electron chi connectivity index (χ3n) is 4.83. The van der Waals surface area contributed by atoms with Gasteiger partial charge in [-0.2, -0.15) is 9.40 Å². The number of anilines is 1. The van der Waals surface area contributed by atoms with E-state index in [1.807, 2.05) is 13.8 Å². The van der Waals surface area contributed by atoms with Crippen LogP contribution in [0, 0.1) is 0 Å². The summed E-state index contributed by atoms with van der Waals surface area (Å²) in [5.41, 5.74) is 0.497. The summed E-state index contributed by atoms with van der Waals surface area (Å²) in [7, 11) is -3.74. The number of sulfonamides is 1. The van der Waals surface area contributed by atoms with Crippen molar-refractivity contribution in [2.45, 2.75) is 49.4 Å². The van der Waals surface area contributed by atoms with Crippen LogP contribution >= 0.6 is 11.3 Å². The first-order valence-electron chi connectivity index (χ1n) is 9.61. The molecule has 3 aromatic rings. The number of hydrogen-bond acceptors (Lipinski definition) is 8. The van der Waals surface area contributed by atoms with Gasteiger partial charge in [-0.05, 0) is 44.2 Å². The van der Waals surface area contributed by atoms with Crippen molar-refractivity contribution in [3.05, 3.63) is 29.8 Å². The lowest BCUT2D eigenvalue weighted by Crippen LogP contribution is -2.49. The molecule has 1 fully saturated rings. The fraction of sp³-hybridized carbons (Fsp3) is 0.444. The summed E-state index contributed by atoms with van der Waals surface area (Å²) in [6.45, 7) is 4.28. The molecule has 1 aliphatic heterocycles. The standard InChI is InChI=1S/C18H22N6O4S2/c1-12(2)23-10-8-13(22-23)17-20-21-18(28-17)19-16(25)14-6-3-4-9-24(14)30(26,27)15-7-5-11-29-15/h5,7-8,10-12,14H,3-4,6,9H2,1-2H3,(H,19,21,25). The number of carbonyl (C=O) groups excluding carboxylic acids is 1. The maximum Gasteiger partial charge on any atom is 0.322 e. The van der Waals surface area contributed by atoms with E-state index in [0.717, 1.165) is 17.8 Å². The highest BCUT2D eigenvalue weighted by atomic mass is 32.2. The van der Waals surface area contributed by atoms with Gasteiger partial charge in [0.2, 0.25) is 5.91 Å². The predicted octanol–water partition coefficient (Wildman–Crippen LogP) is 2.76. The molecule has 1 saturated heterocycles. The van der Waals surface area contributed by atoms with E-state index in [1.165, 1.54) is 4.31 Å². The van der Waals surface area contributed by atoms with Gasteiger partial charge in [-0.25, -0.2) is 8.42 Å². The van der Waals surface area contributed by atoms with E-state index < -0.39 is 22.0 Å². The van der Waals surface area contributed by atoms with Crippen molar-refractivity contribution in [2.75, 3.05) is 11.9 Å². The molecule has 0 saturated carbocycles. The van der Waals surface area contributed by atoms with Gasteiger partial charge in [0.05, 0.1) is 0 Å². The molecule has 0 aliphatic carbocycles. The Labute approximate surface area is 178 Å². The number of rotatable bonds is 6. The molecule has 160 valence electrons. The lowest BCUT2D eigenvalue weighted by molar-refractivity contribution is -0.120. The number of hydrogen-bond donors (Lipinski definition) is 1. The minimum absolute atomic E-state index is 0.0897. The second kappa shape index (κ2) is 8.28. The third kappa shape index (κ3) is 4.02. The Hall–Kier alpha value is -2.57. The minimum Gasteiger partial charge on any atom is -0.401 e. The molecule has 30 heavy (non-hydrogen) atoms. The highest BCUT2D eigenvalue weighted by Crippen LogP contribution is 2.28. The van der Waals surface area contributed by atoms with Crippen LogP contribution in [0.1, 0.15) is 39.2 Å². The Morgan fingerprint density at radius 3 is 2.83 bits per heavy atom. The SMILES string of the molecule is CC(C)n1ccc(-c2nnc(NC(=O)C3CCCCN3S(=O)(=O)c3cccs3)o2)n1. The molecule has 3 aromatic heterocycles. The number of amides is 1. The summed E-state index contributed by atoms with van der Waals surface area (Å²) in [5, 5.41) is 16.4. The maximum atomic E-state index is 13.0. The van der Waals surface area contributed by atoms with E-state index in [2.05, 4.69) is 20.6 Å². The van der Waals surface area contributed by atoms with Gasteiger partial charge in [-0.3, -0.25) is 14.8 Å². The van der Waals surface area contributed by atoms with Gasteiger partial charge < -0.3 is 4.42 Å². The van der Waals surface area contributed by atoms with E-state index in [-0.39, 0.29) is 22.2 Å². The number of nitrogens with zero attached hydrogens (tertiary/aromatic N) is 5. The van der Waals surface area contributed by atoms with E-state index >= 15 is 0 Å². The Bertz CT molecular complexity index is 1120. The molecule has 1 unspecified atom stereocenters. The third-order valence-corrected chi connectivity index (χ3v) is 8.11. The van der Waals surface area contributed by atoms with Gasteiger partial charge >= 0.3 is 6.01 Å². The van der Waals surface area contributed by atoms with E-state index in [9.17, 15) is 13.2 Å². The molecule has 4 heterocycles. The van der Waals surface area contributed by atoms with Gasteiger partial charge in [0.25, 0.3) is 15.9 Å². The van der Waals surface area contributed by atoms with Crippen LogP contribution in [-0.2, 0) is 14.8 Å². The summed E-state index contributed by atoms with van der Waals surface area (Å²) in [5.74, 6) is -0.311. The quantitative estimate of drug-likeness (QED) is 0.612. The van der Waals surface area contributed by atoms with Crippen molar-refractivity contribution in [1.29, 1.82) is 0 Å². The van der Waals surface area contributed by atoms with E-state index in [0.29, 0.717) is 25.1 Å². The van der Waals surface area contributed by atoms with Crippen molar-refractivity contribution in [3.63, 3.8) is 0 Å². The Morgan fingerprint density at radius 1 is 1.30 bits per heavy atom. The fourth-order valence-corrected chi connectivity index (χ4v) is 6.06. The first-order chi connectivity index (χ1) is 14.4. The molecule has 0 bridgehead atoms.